The maximum absolute atomic E-state index is 12.7. The normalized spacial score (nSPS) is 17.0. The number of rotatable bonds is 12. The van der Waals surface area contributed by atoms with Crippen molar-refractivity contribution < 1.29 is 19.0 Å². The standard InChI is InChI=1S/C30H44N6O4Si/c1-38-27-8-6-5-7-24(27)26-19-36(22-39-17-18-41(2,3)4)29-25(26)9-10-28(32-29)33-30(37)31-11-12-34-13-15-35(16-14-34)23-20-40-21-23/h5-10,19,23H,11-18,20-22H2,1-4H3,(H2,31,32,33,37). The van der Waals surface area contributed by atoms with E-state index >= 15 is 0 Å². The Balaban J connectivity index is 1.22. The highest BCUT2D eigenvalue weighted by molar-refractivity contribution is 6.76. The molecule has 222 valence electrons. The van der Waals surface area contributed by atoms with Gasteiger partial charge < -0.3 is 24.1 Å². The molecule has 0 aliphatic carbocycles. The Kier molecular flexibility index (Phi) is 9.61. The monoisotopic (exact) mass is 580 g/mol. The van der Waals surface area contributed by atoms with E-state index in [1.807, 2.05) is 41.0 Å². The van der Waals surface area contributed by atoms with Crippen molar-refractivity contribution in [3.8, 4) is 16.9 Å². The van der Waals surface area contributed by atoms with E-state index < -0.39 is 8.07 Å². The molecule has 0 unspecified atom stereocenters. The molecule has 2 N–H and O–H groups in total. The van der Waals surface area contributed by atoms with Gasteiger partial charge in [-0.05, 0) is 24.2 Å². The smallest absolute Gasteiger partial charge is 0.320 e. The topological polar surface area (TPSA) is 93.1 Å². The summed E-state index contributed by atoms with van der Waals surface area (Å²) in [7, 11) is 0.485. The third kappa shape index (κ3) is 7.66. The Morgan fingerprint density at radius 2 is 1.85 bits per heavy atom. The molecule has 0 spiro atoms. The predicted molar refractivity (Wildman–Crippen MR) is 165 cm³/mol. The van der Waals surface area contributed by atoms with Gasteiger partial charge in [-0.15, -0.1) is 0 Å². The molecular formula is C30H44N6O4Si. The molecule has 2 amide bonds. The van der Waals surface area contributed by atoms with E-state index in [0.29, 0.717) is 31.7 Å². The van der Waals surface area contributed by atoms with Gasteiger partial charge in [-0.1, -0.05) is 37.8 Å². The van der Waals surface area contributed by atoms with Crippen LogP contribution in [0.3, 0.4) is 0 Å². The highest BCUT2D eigenvalue weighted by atomic mass is 28.3. The van der Waals surface area contributed by atoms with Crippen molar-refractivity contribution in [2.75, 3.05) is 71.5 Å². The molecule has 5 rings (SSSR count). The van der Waals surface area contributed by atoms with Crippen molar-refractivity contribution in [2.24, 2.45) is 0 Å². The van der Waals surface area contributed by atoms with Crippen LogP contribution in [-0.2, 0) is 16.2 Å². The quantitative estimate of drug-likeness (QED) is 0.246. The Morgan fingerprint density at radius 1 is 1.07 bits per heavy atom. The molecule has 11 heteroatoms. The highest BCUT2D eigenvalue weighted by Crippen LogP contribution is 2.36. The van der Waals surface area contributed by atoms with Gasteiger partial charge in [0.1, 0.15) is 23.9 Å². The fraction of sp³-hybridized carbons (Fsp3) is 0.533. The van der Waals surface area contributed by atoms with Gasteiger partial charge in [-0.25, -0.2) is 9.78 Å². The minimum atomic E-state index is -1.20. The maximum Gasteiger partial charge on any atom is 0.320 e. The van der Waals surface area contributed by atoms with Crippen molar-refractivity contribution in [1.82, 2.24) is 24.7 Å². The van der Waals surface area contributed by atoms with Gasteiger partial charge in [-0.3, -0.25) is 15.1 Å². The molecule has 2 aliphatic rings. The predicted octanol–water partition coefficient (Wildman–Crippen LogP) is 4.16. The number of hydrogen-bond acceptors (Lipinski definition) is 7. The number of methoxy groups -OCH3 is 1. The van der Waals surface area contributed by atoms with Gasteiger partial charge in [0.25, 0.3) is 0 Å². The maximum atomic E-state index is 12.7. The van der Waals surface area contributed by atoms with Crippen LogP contribution in [0.25, 0.3) is 22.2 Å². The second-order valence-electron chi connectivity index (χ2n) is 12.1. The van der Waals surface area contributed by atoms with Crippen LogP contribution in [0.15, 0.2) is 42.6 Å². The number of aromatic nitrogens is 2. The Morgan fingerprint density at radius 3 is 2.56 bits per heavy atom. The number of piperazine rings is 1. The second kappa shape index (κ2) is 13.3. The number of fused-ring (bicyclic) bond motifs is 1. The first kappa shape index (κ1) is 29.5. The average Bonchev–Trinajstić information content (AvgIpc) is 3.28. The number of pyridine rings is 1. The van der Waals surface area contributed by atoms with Crippen molar-refractivity contribution in [3.63, 3.8) is 0 Å². The lowest BCUT2D eigenvalue weighted by atomic mass is 10.0. The van der Waals surface area contributed by atoms with Crippen molar-refractivity contribution in [2.45, 2.75) is 38.5 Å². The summed E-state index contributed by atoms with van der Waals surface area (Å²) in [6.45, 7) is 15.4. The minimum absolute atomic E-state index is 0.253. The van der Waals surface area contributed by atoms with E-state index in [2.05, 4.69) is 46.3 Å². The van der Waals surface area contributed by atoms with E-state index in [-0.39, 0.29) is 6.03 Å². The van der Waals surface area contributed by atoms with Crippen LogP contribution in [-0.4, -0.2) is 106 Å². The van der Waals surface area contributed by atoms with Crippen LogP contribution in [0.2, 0.25) is 25.7 Å². The first-order chi connectivity index (χ1) is 19.8. The largest absolute Gasteiger partial charge is 0.496 e. The molecule has 0 saturated carbocycles. The zero-order valence-corrected chi connectivity index (χ0v) is 25.8. The number of nitrogens with zero attached hydrogens (tertiary/aromatic N) is 4. The Bertz CT molecular complexity index is 1310. The fourth-order valence-corrected chi connectivity index (χ4v) is 5.99. The van der Waals surface area contributed by atoms with E-state index in [9.17, 15) is 4.79 Å². The van der Waals surface area contributed by atoms with E-state index in [1.54, 1.807) is 7.11 Å². The molecule has 0 bridgehead atoms. The van der Waals surface area contributed by atoms with E-state index in [1.165, 1.54) is 0 Å². The van der Waals surface area contributed by atoms with Gasteiger partial charge in [0.05, 0.1) is 26.4 Å². The highest BCUT2D eigenvalue weighted by Gasteiger charge is 2.28. The lowest BCUT2D eigenvalue weighted by Crippen LogP contribution is -2.57. The minimum Gasteiger partial charge on any atom is -0.496 e. The van der Waals surface area contributed by atoms with Crippen LogP contribution in [0, 0.1) is 0 Å². The molecule has 0 radical (unpaired) electrons. The molecule has 1 aromatic carbocycles. The van der Waals surface area contributed by atoms with Crippen LogP contribution in [0.5, 0.6) is 5.75 Å². The summed E-state index contributed by atoms with van der Waals surface area (Å²) in [5.74, 6) is 1.30. The molecule has 41 heavy (non-hydrogen) atoms. The number of carbonyl (C=O) groups is 1. The number of anilines is 1. The molecule has 2 aliphatic heterocycles. The first-order valence-electron chi connectivity index (χ1n) is 14.6. The number of benzene rings is 1. The zero-order valence-electron chi connectivity index (χ0n) is 24.8. The van der Waals surface area contributed by atoms with E-state index in [4.69, 9.17) is 19.2 Å². The number of para-hydroxylation sites is 1. The summed E-state index contributed by atoms with van der Waals surface area (Å²) in [4.78, 5) is 22.5. The third-order valence-corrected chi connectivity index (χ3v) is 9.55. The van der Waals surface area contributed by atoms with Crippen molar-refractivity contribution >= 4 is 31.0 Å². The number of nitrogens with one attached hydrogen (secondary N) is 2. The lowest BCUT2D eigenvalue weighted by Gasteiger charge is -2.42. The van der Waals surface area contributed by atoms with E-state index in [0.717, 1.165) is 79.9 Å². The number of carbonyl (C=O) groups excluding carboxylic acids is 1. The molecule has 10 nitrogen and oxygen atoms in total. The SMILES string of the molecule is COc1ccccc1-c1cn(COCC[Si](C)(C)C)c2nc(NC(=O)NCCN3CCN(C4COC4)CC3)ccc12. The average molecular weight is 581 g/mol. The van der Waals surface area contributed by atoms with Crippen LogP contribution in [0.4, 0.5) is 10.6 Å². The molecule has 3 aromatic rings. The number of amides is 2. The third-order valence-electron chi connectivity index (χ3n) is 7.85. The zero-order chi connectivity index (χ0) is 28.8. The molecule has 2 fully saturated rings. The summed E-state index contributed by atoms with van der Waals surface area (Å²) in [5, 5.41) is 6.88. The van der Waals surface area contributed by atoms with Crippen molar-refractivity contribution in [3.05, 3.63) is 42.6 Å². The molecule has 4 heterocycles. The summed E-state index contributed by atoms with van der Waals surface area (Å²) in [6, 6.07) is 13.3. The molecule has 2 saturated heterocycles. The van der Waals surface area contributed by atoms with Crippen molar-refractivity contribution in [1.29, 1.82) is 0 Å². The number of hydrogen-bond donors (Lipinski definition) is 2. The van der Waals surface area contributed by atoms with Gasteiger partial charge in [0, 0.05) is 76.7 Å². The Labute approximate surface area is 244 Å². The second-order valence-corrected chi connectivity index (χ2v) is 17.7. The summed E-state index contributed by atoms with van der Waals surface area (Å²) in [6.07, 6.45) is 2.06. The number of urea groups is 1. The Hall–Kier alpha value is -2.96. The molecule has 0 atom stereocenters. The summed E-state index contributed by atoms with van der Waals surface area (Å²) < 4.78 is 19.1. The fourth-order valence-electron chi connectivity index (χ4n) is 5.23. The first-order valence-corrected chi connectivity index (χ1v) is 18.3. The number of ether oxygens (including phenoxy) is 3. The lowest BCUT2D eigenvalue weighted by molar-refractivity contribution is -0.0766. The van der Waals surface area contributed by atoms with Crippen LogP contribution < -0.4 is 15.4 Å². The summed E-state index contributed by atoms with van der Waals surface area (Å²) >= 11 is 0. The molecule has 2 aromatic heterocycles. The van der Waals surface area contributed by atoms with Gasteiger partial charge in [0.2, 0.25) is 0 Å². The van der Waals surface area contributed by atoms with Crippen LogP contribution >= 0.6 is 0 Å². The molecular weight excluding hydrogens is 536 g/mol. The van der Waals surface area contributed by atoms with Gasteiger partial charge >= 0.3 is 6.03 Å². The van der Waals surface area contributed by atoms with Crippen LogP contribution in [0.1, 0.15) is 0 Å². The van der Waals surface area contributed by atoms with Gasteiger partial charge in [-0.2, -0.15) is 0 Å². The summed E-state index contributed by atoms with van der Waals surface area (Å²) in [5.41, 5.74) is 2.76. The van der Waals surface area contributed by atoms with Gasteiger partial charge in [0.15, 0.2) is 0 Å².